The highest BCUT2D eigenvalue weighted by Gasteiger charge is 2.08. The number of pyridine rings is 1. The van der Waals surface area contributed by atoms with Crippen LogP contribution in [0.25, 0.3) is 0 Å². The number of carbonyl (C=O) groups is 1. The number of nitrogens with one attached hydrogen (secondary N) is 2. The molecule has 26 heavy (non-hydrogen) atoms. The van der Waals surface area contributed by atoms with E-state index >= 15 is 0 Å². The van der Waals surface area contributed by atoms with Crippen LogP contribution in [-0.4, -0.2) is 17.4 Å². The lowest BCUT2D eigenvalue weighted by molar-refractivity contribution is 0.102. The van der Waals surface area contributed by atoms with Crippen LogP contribution in [0, 0.1) is 6.92 Å². The van der Waals surface area contributed by atoms with E-state index < -0.39 is 0 Å². The molecule has 0 atom stereocenters. The maximum Gasteiger partial charge on any atom is 0.255 e. The number of hydrogen-bond donors (Lipinski definition) is 2. The molecular weight excluding hydrogens is 346 g/mol. The Bertz CT molecular complexity index is 894. The van der Waals surface area contributed by atoms with Crippen molar-refractivity contribution in [3.63, 3.8) is 0 Å². The van der Waals surface area contributed by atoms with Gasteiger partial charge in [0.1, 0.15) is 5.82 Å². The molecule has 2 N–H and O–H groups in total. The molecule has 2 aromatic carbocycles. The average Bonchev–Trinajstić information content (AvgIpc) is 2.63. The van der Waals surface area contributed by atoms with Crippen molar-refractivity contribution in [3.05, 3.63) is 88.6 Å². The van der Waals surface area contributed by atoms with Crippen molar-refractivity contribution >= 4 is 29.0 Å². The Morgan fingerprint density at radius 2 is 1.92 bits per heavy atom. The van der Waals surface area contributed by atoms with Crippen LogP contribution in [0.15, 0.2) is 66.9 Å². The molecule has 0 bridgehead atoms. The average molecular weight is 366 g/mol. The number of benzene rings is 2. The summed E-state index contributed by atoms with van der Waals surface area (Å²) in [5, 5.41) is 6.88. The third kappa shape index (κ3) is 4.83. The number of amides is 1. The molecule has 3 aromatic rings. The van der Waals surface area contributed by atoms with Crippen LogP contribution in [0.1, 0.15) is 21.5 Å². The molecule has 0 saturated heterocycles. The van der Waals surface area contributed by atoms with Gasteiger partial charge in [0, 0.05) is 17.1 Å². The second kappa shape index (κ2) is 8.50. The van der Waals surface area contributed by atoms with Gasteiger partial charge in [0.15, 0.2) is 0 Å². The SMILES string of the molecule is Cc1ccccc1C(=O)Nc1ccc(NCCc2cccc(Cl)c2)nc1. The van der Waals surface area contributed by atoms with Crippen LogP contribution in [0.5, 0.6) is 0 Å². The number of anilines is 2. The Hall–Kier alpha value is -2.85. The molecule has 1 amide bonds. The van der Waals surface area contributed by atoms with Gasteiger partial charge in [0.25, 0.3) is 5.91 Å². The van der Waals surface area contributed by atoms with E-state index in [4.69, 9.17) is 11.6 Å². The third-order valence-corrected chi connectivity index (χ3v) is 4.25. The van der Waals surface area contributed by atoms with Gasteiger partial charge in [0.2, 0.25) is 0 Å². The van der Waals surface area contributed by atoms with Gasteiger partial charge >= 0.3 is 0 Å². The minimum atomic E-state index is -0.133. The van der Waals surface area contributed by atoms with Gasteiger partial charge in [-0.3, -0.25) is 4.79 Å². The number of aromatic nitrogens is 1. The first-order valence-corrected chi connectivity index (χ1v) is 8.81. The molecule has 0 aliphatic heterocycles. The lowest BCUT2D eigenvalue weighted by Crippen LogP contribution is -2.13. The van der Waals surface area contributed by atoms with Crippen LogP contribution < -0.4 is 10.6 Å². The van der Waals surface area contributed by atoms with Crippen LogP contribution in [0.4, 0.5) is 11.5 Å². The fourth-order valence-corrected chi connectivity index (χ4v) is 2.84. The van der Waals surface area contributed by atoms with E-state index in [9.17, 15) is 4.79 Å². The summed E-state index contributed by atoms with van der Waals surface area (Å²) < 4.78 is 0. The maximum absolute atomic E-state index is 12.3. The first kappa shape index (κ1) is 18.0. The number of aryl methyl sites for hydroxylation is 1. The fourth-order valence-electron chi connectivity index (χ4n) is 2.63. The standard InChI is InChI=1S/C21H20ClN3O/c1-15-5-2-3-8-19(15)21(26)25-18-9-10-20(24-14-18)23-12-11-16-6-4-7-17(22)13-16/h2-10,13-14H,11-12H2,1H3,(H,23,24)(H,25,26). The molecule has 0 spiro atoms. The quantitative estimate of drug-likeness (QED) is 0.649. The van der Waals surface area contributed by atoms with Crippen molar-refractivity contribution in [2.75, 3.05) is 17.2 Å². The van der Waals surface area contributed by atoms with E-state index in [1.54, 1.807) is 6.20 Å². The Labute approximate surface area is 158 Å². The van der Waals surface area contributed by atoms with Crippen molar-refractivity contribution in [1.29, 1.82) is 0 Å². The maximum atomic E-state index is 12.3. The highest BCUT2D eigenvalue weighted by Crippen LogP contribution is 2.14. The fraction of sp³-hybridized carbons (Fsp3) is 0.143. The minimum Gasteiger partial charge on any atom is -0.370 e. The summed E-state index contributed by atoms with van der Waals surface area (Å²) in [6, 6.07) is 19.0. The molecular formula is C21H20ClN3O. The summed E-state index contributed by atoms with van der Waals surface area (Å²) in [7, 11) is 0. The van der Waals surface area contributed by atoms with E-state index in [0.717, 1.165) is 29.4 Å². The molecule has 0 aliphatic rings. The monoisotopic (exact) mass is 365 g/mol. The lowest BCUT2D eigenvalue weighted by Gasteiger charge is -2.09. The summed E-state index contributed by atoms with van der Waals surface area (Å²) in [6.07, 6.45) is 2.51. The van der Waals surface area contributed by atoms with Gasteiger partial charge in [-0.05, 0) is 54.8 Å². The molecule has 5 heteroatoms. The summed E-state index contributed by atoms with van der Waals surface area (Å²) in [6.45, 7) is 2.67. The highest BCUT2D eigenvalue weighted by atomic mass is 35.5. The first-order chi connectivity index (χ1) is 12.6. The van der Waals surface area contributed by atoms with Gasteiger partial charge in [-0.25, -0.2) is 4.98 Å². The van der Waals surface area contributed by atoms with Gasteiger partial charge in [-0.2, -0.15) is 0 Å². The molecule has 0 saturated carbocycles. The normalized spacial score (nSPS) is 10.4. The van der Waals surface area contributed by atoms with E-state index in [1.165, 1.54) is 5.56 Å². The molecule has 0 fully saturated rings. The largest absolute Gasteiger partial charge is 0.370 e. The number of rotatable bonds is 6. The van der Waals surface area contributed by atoms with Crippen LogP contribution >= 0.6 is 11.6 Å². The van der Waals surface area contributed by atoms with Gasteiger partial charge < -0.3 is 10.6 Å². The second-order valence-electron chi connectivity index (χ2n) is 6.01. The zero-order chi connectivity index (χ0) is 18.4. The molecule has 4 nitrogen and oxygen atoms in total. The summed E-state index contributed by atoms with van der Waals surface area (Å²) in [5.74, 6) is 0.632. The molecule has 0 aliphatic carbocycles. The topological polar surface area (TPSA) is 54.0 Å². The number of hydrogen-bond acceptors (Lipinski definition) is 3. The third-order valence-electron chi connectivity index (χ3n) is 4.02. The van der Waals surface area contributed by atoms with Crippen LogP contribution in [0.2, 0.25) is 5.02 Å². The van der Waals surface area contributed by atoms with Crippen molar-refractivity contribution in [2.24, 2.45) is 0 Å². The minimum absolute atomic E-state index is 0.133. The van der Waals surface area contributed by atoms with Gasteiger partial charge in [-0.15, -0.1) is 0 Å². The predicted octanol–water partition coefficient (Wildman–Crippen LogP) is 4.95. The number of halogens is 1. The summed E-state index contributed by atoms with van der Waals surface area (Å²) in [5.41, 5.74) is 3.44. The summed E-state index contributed by atoms with van der Waals surface area (Å²) in [4.78, 5) is 16.7. The van der Waals surface area contributed by atoms with E-state index in [2.05, 4.69) is 15.6 Å². The van der Waals surface area contributed by atoms with E-state index in [1.807, 2.05) is 67.6 Å². The van der Waals surface area contributed by atoms with Crippen LogP contribution in [0.3, 0.4) is 0 Å². The Morgan fingerprint density at radius 3 is 2.65 bits per heavy atom. The highest BCUT2D eigenvalue weighted by molar-refractivity contribution is 6.30. The van der Waals surface area contributed by atoms with Gasteiger partial charge in [-0.1, -0.05) is 41.9 Å². The van der Waals surface area contributed by atoms with E-state index in [0.29, 0.717) is 11.3 Å². The molecule has 1 heterocycles. The lowest BCUT2D eigenvalue weighted by atomic mass is 10.1. The van der Waals surface area contributed by atoms with Crippen molar-refractivity contribution in [2.45, 2.75) is 13.3 Å². The van der Waals surface area contributed by atoms with Crippen LogP contribution in [-0.2, 0) is 6.42 Å². The molecule has 1 aromatic heterocycles. The predicted molar refractivity (Wildman–Crippen MR) is 107 cm³/mol. The summed E-state index contributed by atoms with van der Waals surface area (Å²) >= 11 is 5.99. The van der Waals surface area contributed by atoms with Crippen molar-refractivity contribution in [3.8, 4) is 0 Å². The molecule has 132 valence electrons. The second-order valence-corrected chi connectivity index (χ2v) is 6.44. The molecule has 0 unspecified atom stereocenters. The molecule has 0 radical (unpaired) electrons. The number of carbonyl (C=O) groups excluding carboxylic acids is 1. The Morgan fingerprint density at radius 1 is 1.08 bits per heavy atom. The number of nitrogens with zero attached hydrogens (tertiary/aromatic N) is 1. The Kier molecular flexibility index (Phi) is 5.87. The first-order valence-electron chi connectivity index (χ1n) is 8.43. The Balaban J connectivity index is 1.53. The smallest absolute Gasteiger partial charge is 0.255 e. The van der Waals surface area contributed by atoms with Crippen molar-refractivity contribution in [1.82, 2.24) is 4.98 Å². The van der Waals surface area contributed by atoms with Crippen molar-refractivity contribution < 1.29 is 4.79 Å². The van der Waals surface area contributed by atoms with E-state index in [-0.39, 0.29) is 5.91 Å². The van der Waals surface area contributed by atoms with Gasteiger partial charge in [0.05, 0.1) is 11.9 Å². The zero-order valence-corrected chi connectivity index (χ0v) is 15.3. The molecule has 3 rings (SSSR count). The zero-order valence-electron chi connectivity index (χ0n) is 14.5.